The first-order valence-electron chi connectivity index (χ1n) is 6.23. The lowest BCUT2D eigenvalue weighted by atomic mass is 10.2. The zero-order valence-corrected chi connectivity index (χ0v) is 12.3. The number of aliphatic imine (C=N–C) groups is 1. The molecule has 8 heteroatoms. The topological polar surface area (TPSA) is 44.7 Å². The van der Waals surface area contributed by atoms with Crippen LogP contribution in [0.5, 0.6) is 0 Å². The molecule has 114 valence electrons. The number of nitrogens with zero attached hydrogens (tertiary/aromatic N) is 2. The Labute approximate surface area is 124 Å². The van der Waals surface area contributed by atoms with Crippen molar-refractivity contribution < 1.29 is 18.0 Å². The van der Waals surface area contributed by atoms with E-state index in [2.05, 4.69) is 10.3 Å². The monoisotopic (exact) mass is 317 g/mol. The van der Waals surface area contributed by atoms with Crippen LogP contribution in [-0.4, -0.2) is 30.0 Å². The molecule has 0 fully saturated rings. The van der Waals surface area contributed by atoms with E-state index in [-0.39, 0.29) is 10.9 Å². The molecule has 2 rings (SSSR count). The lowest BCUT2D eigenvalue weighted by Gasteiger charge is -2.22. The number of carbonyl (C=O) groups is 1. The number of anilines is 1. The number of amides is 2. The minimum absolute atomic E-state index is 0.143. The van der Waals surface area contributed by atoms with Crippen molar-refractivity contribution in [2.45, 2.75) is 18.3 Å². The van der Waals surface area contributed by atoms with E-state index >= 15 is 0 Å². The summed E-state index contributed by atoms with van der Waals surface area (Å²) in [6.07, 6.45) is -4.46. The Hall–Kier alpha value is -1.70. The predicted molar refractivity (Wildman–Crippen MR) is 77.7 cm³/mol. The molecule has 1 aliphatic heterocycles. The number of carbonyl (C=O) groups excluding carboxylic acids is 1. The molecule has 21 heavy (non-hydrogen) atoms. The van der Waals surface area contributed by atoms with Crippen molar-refractivity contribution in [2.24, 2.45) is 4.99 Å². The number of alkyl halides is 3. The second-order valence-corrected chi connectivity index (χ2v) is 5.90. The van der Waals surface area contributed by atoms with Gasteiger partial charge in [-0.1, -0.05) is 24.8 Å². The van der Waals surface area contributed by atoms with E-state index in [9.17, 15) is 18.0 Å². The van der Waals surface area contributed by atoms with Crippen LogP contribution in [0.2, 0.25) is 0 Å². The van der Waals surface area contributed by atoms with Crippen LogP contribution in [0, 0.1) is 0 Å². The maximum Gasteiger partial charge on any atom is 0.416 e. The smallest absolute Gasteiger partial charge is 0.340 e. The van der Waals surface area contributed by atoms with Crippen molar-refractivity contribution in [2.75, 3.05) is 18.5 Å². The van der Waals surface area contributed by atoms with Crippen molar-refractivity contribution in [1.82, 2.24) is 5.32 Å². The molecule has 1 aromatic rings. The fraction of sp³-hybridized carbons (Fsp3) is 0.385. The van der Waals surface area contributed by atoms with Crippen molar-refractivity contribution in [3.63, 3.8) is 0 Å². The number of benzene rings is 1. The molecular weight excluding hydrogens is 303 g/mol. The standard InChI is InChI=1S/C13H14F3N3OS/c1-8-7-18-12(21-8)19(11(20)17-2)10-5-3-4-9(6-10)13(14,15)16/h3-6,8H,7H2,1-2H3,(H,17,20)/t8-/m0/s1. The molecule has 1 atom stereocenters. The molecule has 4 nitrogen and oxygen atoms in total. The van der Waals surface area contributed by atoms with Gasteiger partial charge in [0.05, 0.1) is 17.8 Å². The molecule has 0 saturated carbocycles. The summed E-state index contributed by atoms with van der Waals surface area (Å²) in [6.45, 7) is 2.47. The maximum atomic E-state index is 12.8. The zero-order valence-electron chi connectivity index (χ0n) is 11.4. The summed E-state index contributed by atoms with van der Waals surface area (Å²) >= 11 is 1.36. The van der Waals surface area contributed by atoms with Crippen molar-refractivity contribution in [1.29, 1.82) is 0 Å². The van der Waals surface area contributed by atoms with Crippen LogP contribution in [-0.2, 0) is 6.18 Å². The highest BCUT2D eigenvalue weighted by molar-refractivity contribution is 8.15. The van der Waals surface area contributed by atoms with Gasteiger partial charge in [-0.05, 0) is 18.2 Å². The summed E-state index contributed by atoms with van der Waals surface area (Å²) in [7, 11) is 1.42. The number of halogens is 3. The fourth-order valence-corrected chi connectivity index (χ4v) is 2.78. The average Bonchev–Trinajstić information content (AvgIpc) is 2.84. The van der Waals surface area contributed by atoms with E-state index in [4.69, 9.17) is 0 Å². The number of rotatable bonds is 1. The Morgan fingerprint density at radius 3 is 2.71 bits per heavy atom. The Morgan fingerprint density at radius 2 is 2.19 bits per heavy atom. The Kier molecular flexibility index (Phi) is 4.46. The third-order valence-corrected chi connectivity index (χ3v) is 3.90. The van der Waals surface area contributed by atoms with Crippen LogP contribution < -0.4 is 10.2 Å². The number of thioether (sulfide) groups is 1. The summed E-state index contributed by atoms with van der Waals surface area (Å²) in [6, 6.07) is 4.13. The number of hydrogen-bond donors (Lipinski definition) is 1. The molecule has 1 N–H and O–H groups in total. The third-order valence-electron chi connectivity index (χ3n) is 2.83. The number of amidine groups is 1. The van der Waals surface area contributed by atoms with E-state index < -0.39 is 17.8 Å². The normalized spacial score (nSPS) is 18.3. The second-order valence-electron chi connectivity index (χ2n) is 4.49. The first kappa shape index (κ1) is 15.7. The molecular formula is C13H14F3N3OS. The highest BCUT2D eigenvalue weighted by Crippen LogP contribution is 2.33. The lowest BCUT2D eigenvalue weighted by Crippen LogP contribution is -2.41. The minimum Gasteiger partial charge on any atom is -0.340 e. The molecule has 1 aromatic carbocycles. The van der Waals surface area contributed by atoms with Crippen molar-refractivity contribution >= 4 is 28.6 Å². The van der Waals surface area contributed by atoms with Crippen LogP contribution >= 0.6 is 11.8 Å². The molecule has 1 aliphatic rings. The third kappa shape index (κ3) is 3.49. The van der Waals surface area contributed by atoms with Gasteiger partial charge in [-0.25, -0.2) is 9.69 Å². The van der Waals surface area contributed by atoms with Crippen LogP contribution in [0.1, 0.15) is 12.5 Å². The maximum absolute atomic E-state index is 12.8. The number of urea groups is 1. The van der Waals surface area contributed by atoms with E-state index in [1.165, 1.54) is 35.8 Å². The summed E-state index contributed by atoms with van der Waals surface area (Å²) in [5, 5.41) is 3.02. The lowest BCUT2D eigenvalue weighted by molar-refractivity contribution is -0.137. The van der Waals surface area contributed by atoms with Gasteiger partial charge < -0.3 is 5.32 Å². The zero-order chi connectivity index (χ0) is 15.6. The van der Waals surface area contributed by atoms with Crippen molar-refractivity contribution in [3.05, 3.63) is 29.8 Å². The van der Waals surface area contributed by atoms with Gasteiger partial charge in [0.25, 0.3) is 0 Å². The number of hydrogen-bond acceptors (Lipinski definition) is 3. The summed E-state index contributed by atoms with van der Waals surface area (Å²) in [5.74, 6) is 0. The minimum atomic E-state index is -4.46. The average molecular weight is 317 g/mol. The highest BCUT2D eigenvalue weighted by Gasteiger charge is 2.32. The molecule has 2 amide bonds. The summed E-state index contributed by atoms with van der Waals surface area (Å²) < 4.78 is 38.4. The number of nitrogens with one attached hydrogen (secondary N) is 1. The molecule has 0 spiro atoms. The van der Waals surface area contributed by atoms with Gasteiger partial charge in [0, 0.05) is 12.3 Å². The van der Waals surface area contributed by atoms with Crippen LogP contribution in [0.25, 0.3) is 0 Å². The SMILES string of the molecule is CNC(=O)N(C1=NC[C@H](C)S1)c1cccc(C(F)(F)F)c1. The second kappa shape index (κ2) is 5.97. The van der Waals surface area contributed by atoms with Crippen LogP contribution in [0.3, 0.4) is 0 Å². The van der Waals surface area contributed by atoms with Crippen LogP contribution in [0.4, 0.5) is 23.7 Å². The molecule has 0 radical (unpaired) electrons. The van der Waals surface area contributed by atoms with Crippen molar-refractivity contribution in [3.8, 4) is 0 Å². The van der Waals surface area contributed by atoms with Gasteiger partial charge >= 0.3 is 12.2 Å². The highest BCUT2D eigenvalue weighted by atomic mass is 32.2. The van der Waals surface area contributed by atoms with Gasteiger partial charge in [-0.2, -0.15) is 13.2 Å². The first-order valence-corrected chi connectivity index (χ1v) is 7.11. The quantitative estimate of drug-likeness (QED) is 0.863. The van der Waals surface area contributed by atoms with E-state index in [1.54, 1.807) is 0 Å². The van der Waals surface area contributed by atoms with Gasteiger partial charge in [0.1, 0.15) is 0 Å². The Balaban J connectivity index is 2.40. The molecule has 0 unspecified atom stereocenters. The van der Waals surface area contributed by atoms with E-state index in [0.717, 1.165) is 12.1 Å². The van der Waals surface area contributed by atoms with Gasteiger partial charge in [0.2, 0.25) is 0 Å². The molecule has 0 aliphatic carbocycles. The van der Waals surface area contributed by atoms with E-state index in [1.807, 2.05) is 6.92 Å². The first-order chi connectivity index (χ1) is 9.82. The van der Waals surface area contributed by atoms with Gasteiger partial charge in [-0.3, -0.25) is 4.99 Å². The predicted octanol–water partition coefficient (Wildman–Crippen LogP) is 3.34. The molecule has 0 bridgehead atoms. The molecule has 1 heterocycles. The Bertz CT molecular complexity index is 574. The molecule has 0 saturated heterocycles. The Morgan fingerprint density at radius 1 is 1.48 bits per heavy atom. The largest absolute Gasteiger partial charge is 0.416 e. The van der Waals surface area contributed by atoms with Gasteiger partial charge in [0.15, 0.2) is 5.17 Å². The van der Waals surface area contributed by atoms with E-state index in [0.29, 0.717) is 11.7 Å². The fourth-order valence-electron chi connectivity index (χ4n) is 1.83. The summed E-state index contributed by atoms with van der Waals surface area (Å²) in [5.41, 5.74) is -0.657. The molecule has 0 aromatic heterocycles. The summed E-state index contributed by atoms with van der Waals surface area (Å²) in [4.78, 5) is 17.4. The van der Waals surface area contributed by atoms with Gasteiger partial charge in [-0.15, -0.1) is 0 Å². The van der Waals surface area contributed by atoms with Crippen LogP contribution in [0.15, 0.2) is 29.3 Å².